The number of rotatable bonds is 15. The lowest BCUT2D eigenvalue weighted by Crippen LogP contribution is -2.08. The highest BCUT2D eigenvalue weighted by molar-refractivity contribution is 5.80. The Morgan fingerprint density at radius 3 is 1.62 bits per heavy atom. The van der Waals surface area contributed by atoms with Crippen LogP contribution in [0.15, 0.2) is 48.0 Å². The molecule has 1 aliphatic rings. The van der Waals surface area contributed by atoms with Crippen LogP contribution < -0.4 is 0 Å². The van der Waals surface area contributed by atoms with Crippen LogP contribution in [0.5, 0.6) is 0 Å². The molecule has 0 N–H and O–H groups in total. The van der Waals surface area contributed by atoms with Crippen molar-refractivity contribution in [3.05, 3.63) is 87.0 Å². The summed E-state index contributed by atoms with van der Waals surface area (Å²) in [5.41, 5.74) is 22.7. The van der Waals surface area contributed by atoms with Gasteiger partial charge in [-0.3, -0.25) is 0 Å². The first kappa shape index (κ1) is 33.1. The van der Waals surface area contributed by atoms with Gasteiger partial charge in [-0.2, -0.15) is 0 Å². The van der Waals surface area contributed by atoms with E-state index in [1.54, 1.807) is 0 Å². The minimum Gasteiger partial charge on any atom is -0.493 e. The van der Waals surface area contributed by atoms with E-state index in [-0.39, 0.29) is 0 Å². The number of nitrogens with zero attached hydrogens (tertiary/aromatic N) is 2. The molecular weight excluding hydrogens is 508 g/mol. The summed E-state index contributed by atoms with van der Waals surface area (Å²) < 4.78 is 1.52. The smallest absolute Gasteiger partial charge is 0.211 e. The molecule has 0 bridgehead atoms. The van der Waals surface area contributed by atoms with Gasteiger partial charge in [0.25, 0.3) is 0 Å². The number of benzene rings is 2. The Labute approximate surface area is 257 Å². The van der Waals surface area contributed by atoms with Crippen LogP contribution in [-0.4, -0.2) is 4.70 Å². The van der Waals surface area contributed by atoms with Gasteiger partial charge in [0.2, 0.25) is 11.4 Å². The van der Waals surface area contributed by atoms with E-state index >= 15 is 0 Å². The topological polar surface area (TPSA) is 25.3 Å². The number of aryl methyl sites for hydroxylation is 4. The highest BCUT2D eigenvalue weighted by Gasteiger charge is 2.31. The minimum atomic E-state index is 0.833. The number of allylic oxidation sites excluding steroid dienone is 2. The van der Waals surface area contributed by atoms with Gasteiger partial charge in [0.05, 0.1) is 0 Å². The van der Waals surface area contributed by atoms with E-state index in [9.17, 15) is 5.53 Å². The molecule has 2 heteroatoms. The first-order valence-electron chi connectivity index (χ1n) is 16.7. The summed E-state index contributed by atoms with van der Waals surface area (Å²) in [5.74, 6) is 13.1. The van der Waals surface area contributed by atoms with Gasteiger partial charge in [0.1, 0.15) is 0 Å². The third kappa shape index (κ3) is 9.33. The first-order chi connectivity index (χ1) is 20.6. The highest BCUT2D eigenvalue weighted by atomic mass is 15.2. The predicted molar refractivity (Wildman–Crippen MR) is 181 cm³/mol. The quantitative estimate of drug-likeness (QED) is 0.153. The van der Waals surface area contributed by atoms with Crippen LogP contribution in [0.1, 0.15) is 139 Å². The summed E-state index contributed by atoms with van der Waals surface area (Å²) in [6.45, 7) is 10.9. The van der Waals surface area contributed by atoms with E-state index in [4.69, 9.17) is 0 Å². The van der Waals surface area contributed by atoms with Crippen molar-refractivity contribution < 1.29 is 4.70 Å². The number of hydrogen-bond donors (Lipinski definition) is 0. The summed E-state index contributed by atoms with van der Waals surface area (Å²) >= 11 is 0. The Kier molecular flexibility index (Phi) is 14.4. The number of hydrogen-bond acceptors (Lipinski definition) is 0. The monoisotopic (exact) mass is 560 g/mol. The van der Waals surface area contributed by atoms with Crippen LogP contribution in [-0.2, 0) is 25.7 Å². The molecule has 2 aromatic carbocycles. The first-order valence-corrected chi connectivity index (χ1v) is 16.7. The average molecular weight is 561 g/mol. The molecule has 0 saturated carbocycles. The van der Waals surface area contributed by atoms with E-state index in [1.807, 2.05) is 0 Å². The van der Waals surface area contributed by atoms with Crippen LogP contribution in [0, 0.1) is 23.7 Å². The van der Waals surface area contributed by atoms with Crippen LogP contribution in [0.2, 0.25) is 0 Å². The Morgan fingerprint density at radius 1 is 0.595 bits per heavy atom. The lowest BCUT2D eigenvalue weighted by atomic mass is 9.93. The van der Waals surface area contributed by atoms with E-state index in [0.29, 0.717) is 0 Å². The van der Waals surface area contributed by atoms with Crippen molar-refractivity contribution in [1.82, 2.24) is 0 Å². The lowest BCUT2D eigenvalue weighted by Gasteiger charge is -2.16. The van der Waals surface area contributed by atoms with Gasteiger partial charge in [-0.1, -0.05) is 78.1 Å². The molecule has 0 amide bonds. The fourth-order valence-electron chi connectivity index (χ4n) is 5.62. The SMILES string of the molecule is CCC#CCCc1ccc(CCCC)cc1C1=CC(CCCC)=C(c2cc(CCCC)ccc2CCC#CCC)[N+]1=[N-]. The second kappa shape index (κ2) is 18.2. The molecule has 0 aliphatic carbocycles. The molecule has 0 radical (unpaired) electrons. The Hall–Kier alpha value is -3.36. The summed E-state index contributed by atoms with van der Waals surface area (Å²) in [5, 5.41) is 0. The summed E-state index contributed by atoms with van der Waals surface area (Å²) in [4.78, 5) is 0. The van der Waals surface area contributed by atoms with Crippen LogP contribution in [0.25, 0.3) is 16.9 Å². The van der Waals surface area contributed by atoms with Gasteiger partial charge in [0.15, 0.2) is 0 Å². The molecule has 0 unspecified atom stereocenters. The van der Waals surface area contributed by atoms with Gasteiger partial charge in [-0.25, -0.2) is 4.70 Å². The van der Waals surface area contributed by atoms with Gasteiger partial charge >= 0.3 is 0 Å². The fraction of sp³-hybridized carbons (Fsp3) is 0.500. The molecule has 42 heavy (non-hydrogen) atoms. The van der Waals surface area contributed by atoms with Crippen molar-refractivity contribution in [2.24, 2.45) is 0 Å². The van der Waals surface area contributed by atoms with E-state index in [2.05, 4.69) is 101 Å². The zero-order chi connectivity index (χ0) is 30.2. The molecular formula is C40H52N2. The molecule has 3 rings (SSSR count). The molecule has 1 heterocycles. The number of unbranched alkanes of at least 4 members (excludes halogenated alkanes) is 3. The minimum absolute atomic E-state index is 0.833. The zero-order valence-electron chi connectivity index (χ0n) is 27.0. The van der Waals surface area contributed by atoms with Gasteiger partial charge < -0.3 is 5.53 Å². The van der Waals surface area contributed by atoms with Crippen molar-refractivity contribution in [1.29, 1.82) is 0 Å². The second-order valence-corrected chi connectivity index (χ2v) is 11.4. The van der Waals surface area contributed by atoms with E-state index < -0.39 is 0 Å². The second-order valence-electron chi connectivity index (χ2n) is 11.4. The van der Waals surface area contributed by atoms with Crippen molar-refractivity contribution in [3.63, 3.8) is 0 Å². The van der Waals surface area contributed by atoms with Crippen LogP contribution >= 0.6 is 0 Å². The molecule has 1 aliphatic heterocycles. The maximum absolute atomic E-state index is 12.1. The molecule has 0 atom stereocenters. The molecule has 0 spiro atoms. The van der Waals surface area contributed by atoms with E-state index in [1.165, 1.54) is 63.8 Å². The highest BCUT2D eigenvalue weighted by Crippen LogP contribution is 2.40. The van der Waals surface area contributed by atoms with Gasteiger partial charge in [0, 0.05) is 48.5 Å². The standard InChI is InChI=1S/C40H52N2/c1-6-11-16-18-23-34-27-25-32(20-13-8-3)29-37(34)39-31-36(22-15-10-5)40(42(39)41)38-30-33(21-14-9-4)26-28-35(38)24-19-17-12-7-2/h25-31H,6-10,13-15,18-24H2,1-5H3. The molecule has 0 saturated heterocycles. The summed E-state index contributed by atoms with van der Waals surface area (Å²) in [6.07, 6.45) is 17.4. The normalized spacial score (nSPS) is 12.6. The Morgan fingerprint density at radius 2 is 1.10 bits per heavy atom. The maximum Gasteiger partial charge on any atom is 0.211 e. The molecule has 0 aromatic heterocycles. The lowest BCUT2D eigenvalue weighted by molar-refractivity contribution is -0.344. The molecule has 222 valence electrons. The summed E-state index contributed by atoms with van der Waals surface area (Å²) in [7, 11) is 0. The molecule has 2 aromatic rings. The fourth-order valence-corrected chi connectivity index (χ4v) is 5.62. The van der Waals surface area contributed by atoms with Crippen molar-refractivity contribution in [2.45, 2.75) is 131 Å². The largest absolute Gasteiger partial charge is 0.493 e. The van der Waals surface area contributed by atoms with Crippen LogP contribution in [0.4, 0.5) is 0 Å². The molecule has 2 nitrogen and oxygen atoms in total. The third-order valence-electron chi connectivity index (χ3n) is 8.01. The molecule has 0 fully saturated rings. The predicted octanol–water partition coefficient (Wildman–Crippen LogP) is 11.1. The Bertz CT molecular complexity index is 1380. The van der Waals surface area contributed by atoms with E-state index in [0.717, 1.165) is 87.6 Å². The van der Waals surface area contributed by atoms with Gasteiger partial charge in [-0.05, 0) is 85.8 Å². The van der Waals surface area contributed by atoms with Crippen molar-refractivity contribution >= 4 is 11.4 Å². The summed E-state index contributed by atoms with van der Waals surface area (Å²) in [6, 6.07) is 13.8. The third-order valence-corrected chi connectivity index (χ3v) is 8.01. The van der Waals surface area contributed by atoms with Gasteiger partial charge in [-0.15, -0.1) is 23.7 Å². The van der Waals surface area contributed by atoms with Crippen LogP contribution in [0.3, 0.4) is 0 Å². The van der Waals surface area contributed by atoms with Crippen molar-refractivity contribution in [2.75, 3.05) is 0 Å². The average Bonchev–Trinajstić information content (AvgIpc) is 3.34. The Balaban J connectivity index is 2.11. The maximum atomic E-state index is 12.1. The zero-order valence-corrected chi connectivity index (χ0v) is 27.0. The van der Waals surface area contributed by atoms with Crippen molar-refractivity contribution in [3.8, 4) is 23.7 Å².